The molecular formula is C43H68O4Si. The molecule has 0 heterocycles. The SMILES string of the molecule is CCCCCC/C=C\COC(=O)CCCCCCCCC(=O)CCCCCCCCCC(C)(C)[Si](O)(c1ccccc1)c1ccccc1. The molecule has 2 aromatic rings. The van der Waals surface area contributed by atoms with E-state index < -0.39 is 8.32 Å². The molecule has 0 aliphatic heterocycles. The summed E-state index contributed by atoms with van der Waals surface area (Å²) >= 11 is 0. The summed E-state index contributed by atoms with van der Waals surface area (Å²) in [6.45, 7) is 7.14. The van der Waals surface area contributed by atoms with E-state index in [2.05, 4.69) is 51.1 Å². The molecular weight excluding hydrogens is 609 g/mol. The van der Waals surface area contributed by atoms with Gasteiger partial charge in [-0.05, 0) is 53.9 Å². The fourth-order valence-electron chi connectivity index (χ4n) is 6.77. The lowest BCUT2D eigenvalue weighted by Crippen LogP contribution is -2.65. The Hall–Kier alpha value is -2.50. The third-order valence-electron chi connectivity index (χ3n) is 9.94. The molecule has 0 saturated carbocycles. The molecule has 0 unspecified atom stereocenters. The van der Waals surface area contributed by atoms with Gasteiger partial charge in [0.1, 0.15) is 12.4 Å². The molecule has 0 atom stereocenters. The third kappa shape index (κ3) is 16.7. The Kier molecular flexibility index (Phi) is 22.1. The highest BCUT2D eigenvalue weighted by molar-refractivity contribution is 6.98. The van der Waals surface area contributed by atoms with Gasteiger partial charge in [0.05, 0.1) is 0 Å². The summed E-state index contributed by atoms with van der Waals surface area (Å²) in [7, 11) is -2.91. The summed E-state index contributed by atoms with van der Waals surface area (Å²) in [5.41, 5.74) is 0. The third-order valence-corrected chi connectivity index (χ3v) is 14.5. The van der Waals surface area contributed by atoms with E-state index in [1.165, 1.54) is 51.4 Å². The predicted octanol–water partition coefficient (Wildman–Crippen LogP) is 10.8. The fraction of sp³-hybridized carbons (Fsp3) is 0.628. The van der Waals surface area contributed by atoms with Gasteiger partial charge in [-0.1, -0.05) is 177 Å². The van der Waals surface area contributed by atoms with Crippen molar-refractivity contribution in [1.29, 1.82) is 0 Å². The monoisotopic (exact) mass is 676 g/mol. The average Bonchev–Trinajstić information content (AvgIpc) is 3.10. The largest absolute Gasteiger partial charge is 0.461 e. The van der Waals surface area contributed by atoms with E-state index in [9.17, 15) is 14.4 Å². The molecule has 0 amide bonds. The number of ether oxygens (including phenoxy) is 1. The van der Waals surface area contributed by atoms with Crippen molar-refractivity contribution in [2.24, 2.45) is 0 Å². The smallest absolute Gasteiger partial charge is 0.306 e. The first-order chi connectivity index (χ1) is 23.3. The predicted molar refractivity (Wildman–Crippen MR) is 207 cm³/mol. The van der Waals surface area contributed by atoms with Crippen LogP contribution in [0.2, 0.25) is 5.04 Å². The fourth-order valence-corrected chi connectivity index (χ4v) is 10.6. The van der Waals surface area contributed by atoms with Crippen LogP contribution in [0.5, 0.6) is 0 Å². The van der Waals surface area contributed by atoms with Crippen LogP contribution >= 0.6 is 0 Å². The number of carbonyl (C=O) groups is 2. The van der Waals surface area contributed by atoms with Gasteiger partial charge in [-0.15, -0.1) is 0 Å². The van der Waals surface area contributed by atoms with Crippen molar-refractivity contribution in [3.8, 4) is 0 Å². The lowest BCUT2D eigenvalue weighted by atomic mass is 10.0. The summed E-state index contributed by atoms with van der Waals surface area (Å²) in [6.07, 6.45) is 27.6. The maximum Gasteiger partial charge on any atom is 0.306 e. The molecule has 0 spiro atoms. The molecule has 5 heteroatoms. The topological polar surface area (TPSA) is 63.6 Å². The zero-order valence-electron chi connectivity index (χ0n) is 30.9. The lowest BCUT2D eigenvalue weighted by molar-refractivity contribution is -0.142. The van der Waals surface area contributed by atoms with Crippen molar-refractivity contribution in [3.63, 3.8) is 0 Å². The Balaban J connectivity index is 1.44. The van der Waals surface area contributed by atoms with Gasteiger partial charge in [-0.25, -0.2) is 0 Å². The van der Waals surface area contributed by atoms with E-state index in [0.717, 1.165) is 93.8 Å². The Morgan fingerprint density at radius 3 is 1.60 bits per heavy atom. The molecule has 4 nitrogen and oxygen atoms in total. The molecule has 48 heavy (non-hydrogen) atoms. The summed E-state index contributed by atoms with van der Waals surface area (Å²) in [5.74, 6) is 0.331. The number of unbranched alkanes of at least 4 members (excludes halogenated alkanes) is 15. The van der Waals surface area contributed by atoms with Gasteiger partial charge in [0.15, 0.2) is 0 Å². The van der Waals surface area contributed by atoms with Crippen LogP contribution < -0.4 is 10.4 Å². The molecule has 2 rings (SSSR count). The maximum absolute atomic E-state index is 12.3. The van der Waals surface area contributed by atoms with Gasteiger partial charge in [0.25, 0.3) is 8.32 Å². The van der Waals surface area contributed by atoms with E-state index in [4.69, 9.17) is 4.74 Å². The zero-order valence-corrected chi connectivity index (χ0v) is 31.9. The van der Waals surface area contributed by atoms with Crippen LogP contribution in [-0.2, 0) is 14.3 Å². The second kappa shape index (κ2) is 25.5. The minimum atomic E-state index is -2.91. The number of carbonyl (C=O) groups excluding carboxylic acids is 2. The molecule has 1 N–H and O–H groups in total. The number of rotatable bonds is 29. The van der Waals surface area contributed by atoms with Gasteiger partial charge in [-0.3, -0.25) is 9.59 Å². The minimum absolute atomic E-state index is 0.0890. The Labute approximate surface area is 295 Å². The lowest BCUT2D eigenvalue weighted by Gasteiger charge is -2.41. The van der Waals surface area contributed by atoms with Crippen molar-refractivity contribution in [1.82, 2.24) is 0 Å². The first kappa shape index (κ1) is 41.7. The quantitative estimate of drug-likeness (QED) is 0.0403. The number of benzene rings is 2. The molecule has 0 aliphatic rings. The molecule has 0 aliphatic carbocycles. The molecule has 0 radical (unpaired) electrons. The highest BCUT2D eigenvalue weighted by Crippen LogP contribution is 2.40. The Morgan fingerprint density at radius 2 is 1.08 bits per heavy atom. The van der Waals surface area contributed by atoms with Gasteiger partial charge in [-0.2, -0.15) is 0 Å². The van der Waals surface area contributed by atoms with Crippen LogP contribution in [0, 0.1) is 0 Å². The number of allylic oxidation sites excluding steroid dienone is 1. The number of hydrogen-bond donors (Lipinski definition) is 1. The second-order valence-corrected chi connectivity index (χ2v) is 18.4. The molecule has 0 saturated heterocycles. The molecule has 2 aromatic carbocycles. The van der Waals surface area contributed by atoms with E-state index in [0.29, 0.717) is 18.8 Å². The van der Waals surface area contributed by atoms with Crippen LogP contribution in [0.1, 0.15) is 162 Å². The summed E-state index contributed by atoms with van der Waals surface area (Å²) in [4.78, 5) is 36.5. The van der Waals surface area contributed by atoms with Crippen molar-refractivity contribution in [3.05, 3.63) is 72.8 Å². The standard InChI is InChI=1S/C43H68O4Si/c1-4-5-6-7-13-18-29-38-47-42(45)36-27-16-11-10-15-22-31-39(44)30-21-14-9-8-12-17-28-37-43(2,3)48(46,40-32-23-19-24-33-40)41-34-25-20-26-35-41/h18-20,23-26,29,32-35,46H,4-17,21-22,27-28,30-31,36-38H2,1-3H3/b29-18-. The van der Waals surface area contributed by atoms with Crippen LogP contribution in [0.15, 0.2) is 72.8 Å². The first-order valence-corrected chi connectivity index (χ1v) is 21.4. The normalized spacial score (nSPS) is 12.1. The van der Waals surface area contributed by atoms with Crippen LogP contribution in [0.25, 0.3) is 0 Å². The van der Waals surface area contributed by atoms with Gasteiger partial charge >= 0.3 is 5.97 Å². The van der Waals surface area contributed by atoms with E-state index >= 15 is 0 Å². The number of esters is 1. The summed E-state index contributed by atoms with van der Waals surface area (Å²) in [6, 6.07) is 20.6. The van der Waals surface area contributed by atoms with E-state index in [1.54, 1.807) is 0 Å². The number of hydrogen-bond acceptors (Lipinski definition) is 4. The van der Waals surface area contributed by atoms with E-state index in [-0.39, 0.29) is 11.0 Å². The van der Waals surface area contributed by atoms with Crippen molar-refractivity contribution < 1.29 is 19.1 Å². The van der Waals surface area contributed by atoms with Crippen LogP contribution in [-0.4, -0.2) is 31.5 Å². The van der Waals surface area contributed by atoms with Gasteiger partial charge < -0.3 is 9.53 Å². The minimum Gasteiger partial charge on any atom is -0.461 e. The Morgan fingerprint density at radius 1 is 0.625 bits per heavy atom. The summed E-state index contributed by atoms with van der Waals surface area (Å²) in [5, 5.41) is 2.01. The highest BCUT2D eigenvalue weighted by Gasteiger charge is 2.49. The van der Waals surface area contributed by atoms with Crippen molar-refractivity contribution in [2.75, 3.05) is 6.61 Å². The second-order valence-electron chi connectivity index (χ2n) is 14.5. The van der Waals surface area contributed by atoms with Gasteiger partial charge in [0.2, 0.25) is 0 Å². The average molecular weight is 677 g/mol. The van der Waals surface area contributed by atoms with Crippen LogP contribution in [0.4, 0.5) is 0 Å². The summed E-state index contributed by atoms with van der Waals surface area (Å²) < 4.78 is 5.29. The number of ketones is 1. The number of Topliss-reactive ketones (excluding diaryl/α,β-unsaturated/α-hetero) is 1. The zero-order chi connectivity index (χ0) is 34.8. The van der Waals surface area contributed by atoms with Crippen molar-refractivity contribution >= 4 is 30.4 Å². The molecule has 0 fully saturated rings. The molecule has 268 valence electrons. The van der Waals surface area contributed by atoms with Crippen LogP contribution in [0.3, 0.4) is 0 Å². The molecule has 0 bridgehead atoms. The first-order valence-electron chi connectivity index (χ1n) is 19.5. The Bertz CT molecular complexity index is 1090. The van der Waals surface area contributed by atoms with E-state index in [1.807, 2.05) is 42.5 Å². The molecule has 0 aromatic heterocycles. The maximum atomic E-state index is 12.3. The highest BCUT2D eigenvalue weighted by atomic mass is 28.4. The van der Waals surface area contributed by atoms with Gasteiger partial charge in [0, 0.05) is 19.3 Å². The van der Waals surface area contributed by atoms with Crippen molar-refractivity contribution in [2.45, 2.75) is 167 Å².